The minimum absolute atomic E-state index is 0.125. The fraction of sp³-hybridized carbons (Fsp3) is 0.435. The number of hydrogen-bond acceptors (Lipinski definition) is 5. The number of para-hydroxylation sites is 1. The lowest BCUT2D eigenvalue weighted by atomic mass is 9.77. The van der Waals surface area contributed by atoms with E-state index in [1.54, 1.807) is 13.3 Å². The summed E-state index contributed by atoms with van der Waals surface area (Å²) >= 11 is 0. The predicted molar refractivity (Wildman–Crippen MR) is 115 cm³/mol. The maximum atomic E-state index is 13.0. The van der Waals surface area contributed by atoms with Crippen LogP contribution >= 0.6 is 0 Å². The third kappa shape index (κ3) is 3.65. The van der Waals surface area contributed by atoms with E-state index in [9.17, 15) is 4.79 Å². The van der Waals surface area contributed by atoms with E-state index in [-0.39, 0.29) is 18.1 Å². The molecule has 1 aliphatic heterocycles. The van der Waals surface area contributed by atoms with Gasteiger partial charge in [0.05, 0.1) is 29.8 Å². The van der Waals surface area contributed by atoms with Crippen LogP contribution in [0.1, 0.15) is 18.5 Å². The number of aromatic nitrogens is 3. The molecule has 1 saturated heterocycles. The Labute approximate surface area is 175 Å². The van der Waals surface area contributed by atoms with Crippen LogP contribution < -0.4 is 5.32 Å². The van der Waals surface area contributed by atoms with Gasteiger partial charge < -0.3 is 15.0 Å². The number of aromatic amines is 1. The molecule has 1 amide bonds. The van der Waals surface area contributed by atoms with Crippen LogP contribution in [0.15, 0.2) is 48.7 Å². The van der Waals surface area contributed by atoms with E-state index in [0.29, 0.717) is 18.3 Å². The van der Waals surface area contributed by atoms with Crippen molar-refractivity contribution in [1.29, 1.82) is 0 Å². The number of carbonyl (C=O) groups excluding carboxylic acids is 1. The van der Waals surface area contributed by atoms with Gasteiger partial charge in [-0.2, -0.15) is 5.10 Å². The number of amides is 1. The Morgan fingerprint density at radius 1 is 1.17 bits per heavy atom. The van der Waals surface area contributed by atoms with Crippen molar-refractivity contribution in [1.82, 2.24) is 20.1 Å². The highest BCUT2D eigenvalue weighted by molar-refractivity contribution is 5.87. The van der Waals surface area contributed by atoms with Crippen molar-refractivity contribution in [2.75, 3.05) is 25.5 Å². The molecule has 2 fully saturated rings. The molecule has 3 aromatic rings. The van der Waals surface area contributed by atoms with Crippen LogP contribution in [0.3, 0.4) is 0 Å². The number of carbonyl (C=O) groups is 1. The van der Waals surface area contributed by atoms with Gasteiger partial charge in [-0.1, -0.05) is 24.3 Å². The Morgan fingerprint density at radius 3 is 2.77 bits per heavy atom. The summed E-state index contributed by atoms with van der Waals surface area (Å²) in [5.41, 5.74) is 1.80. The van der Waals surface area contributed by atoms with Gasteiger partial charge in [0.1, 0.15) is 5.82 Å². The zero-order chi connectivity index (χ0) is 20.5. The molecule has 30 heavy (non-hydrogen) atoms. The molecule has 1 saturated carbocycles. The molecule has 156 valence electrons. The minimum Gasteiger partial charge on any atom is -0.379 e. The maximum Gasteiger partial charge on any atom is 0.228 e. The number of likely N-dealkylation sites (tertiary alicyclic amines) is 1. The summed E-state index contributed by atoms with van der Waals surface area (Å²) in [6, 6.07) is 14.0. The molecule has 2 aliphatic rings. The monoisotopic (exact) mass is 405 g/mol. The molecule has 0 bridgehead atoms. The molecule has 0 spiro atoms. The van der Waals surface area contributed by atoms with E-state index in [2.05, 4.69) is 20.5 Å². The number of anilines is 1. The molecular formula is C23H27N5O2. The number of H-pyrrole nitrogens is 1. The summed E-state index contributed by atoms with van der Waals surface area (Å²) in [5, 5.41) is 11.9. The lowest BCUT2D eigenvalue weighted by Gasteiger charge is -2.37. The van der Waals surface area contributed by atoms with Crippen molar-refractivity contribution >= 4 is 22.6 Å². The summed E-state index contributed by atoms with van der Waals surface area (Å²) in [6.07, 6.45) is 4.23. The molecule has 1 aliphatic carbocycles. The molecule has 7 heteroatoms. The van der Waals surface area contributed by atoms with Gasteiger partial charge in [-0.05, 0) is 42.9 Å². The van der Waals surface area contributed by atoms with E-state index in [1.165, 1.54) is 0 Å². The van der Waals surface area contributed by atoms with Gasteiger partial charge in [-0.3, -0.25) is 9.89 Å². The van der Waals surface area contributed by atoms with Crippen molar-refractivity contribution in [2.24, 2.45) is 11.8 Å². The molecule has 1 aromatic carbocycles. The van der Waals surface area contributed by atoms with E-state index >= 15 is 0 Å². The molecule has 2 aromatic heterocycles. The quantitative estimate of drug-likeness (QED) is 0.682. The van der Waals surface area contributed by atoms with Gasteiger partial charge in [0.15, 0.2) is 0 Å². The second kappa shape index (κ2) is 8.07. The van der Waals surface area contributed by atoms with Gasteiger partial charge in [-0.25, -0.2) is 4.98 Å². The summed E-state index contributed by atoms with van der Waals surface area (Å²) in [5.74, 6) is 2.02. The third-order valence-corrected chi connectivity index (χ3v) is 6.64. The number of pyridine rings is 1. The summed E-state index contributed by atoms with van der Waals surface area (Å²) in [7, 11) is 1.78. The summed E-state index contributed by atoms with van der Waals surface area (Å²) in [6.45, 7) is 1.62. The number of benzene rings is 1. The first-order valence-corrected chi connectivity index (χ1v) is 10.6. The highest BCUT2D eigenvalue weighted by atomic mass is 16.5. The zero-order valence-electron chi connectivity index (χ0n) is 17.1. The summed E-state index contributed by atoms with van der Waals surface area (Å²) < 4.78 is 5.81. The maximum absolute atomic E-state index is 13.0. The average Bonchev–Trinajstić information content (AvgIpc) is 3.38. The topological polar surface area (TPSA) is 83.1 Å². The van der Waals surface area contributed by atoms with E-state index < -0.39 is 0 Å². The van der Waals surface area contributed by atoms with Crippen molar-refractivity contribution < 1.29 is 9.53 Å². The first-order valence-electron chi connectivity index (χ1n) is 10.6. The van der Waals surface area contributed by atoms with Crippen LogP contribution in [0.2, 0.25) is 0 Å². The largest absolute Gasteiger partial charge is 0.379 e. The van der Waals surface area contributed by atoms with Crippen molar-refractivity contribution in [3.63, 3.8) is 0 Å². The second-order valence-corrected chi connectivity index (χ2v) is 8.43. The van der Waals surface area contributed by atoms with Crippen molar-refractivity contribution in [2.45, 2.75) is 31.4 Å². The van der Waals surface area contributed by atoms with Gasteiger partial charge in [0.25, 0.3) is 0 Å². The van der Waals surface area contributed by atoms with Crippen LogP contribution in [-0.2, 0) is 16.0 Å². The number of methoxy groups -OCH3 is 1. The fourth-order valence-corrected chi connectivity index (χ4v) is 5.08. The highest BCUT2D eigenvalue weighted by Gasteiger charge is 2.43. The van der Waals surface area contributed by atoms with Crippen LogP contribution in [0.5, 0.6) is 0 Å². The molecule has 5 rings (SSSR count). The van der Waals surface area contributed by atoms with E-state index in [0.717, 1.165) is 48.3 Å². The van der Waals surface area contributed by atoms with Crippen LogP contribution in [0, 0.1) is 11.8 Å². The van der Waals surface area contributed by atoms with E-state index in [4.69, 9.17) is 4.74 Å². The lowest BCUT2D eigenvalue weighted by Crippen LogP contribution is -2.44. The Hall–Kier alpha value is -2.93. The Morgan fingerprint density at radius 2 is 1.97 bits per heavy atom. The fourth-order valence-electron chi connectivity index (χ4n) is 5.08. The second-order valence-electron chi connectivity index (χ2n) is 8.43. The predicted octanol–water partition coefficient (Wildman–Crippen LogP) is 2.86. The highest BCUT2D eigenvalue weighted by Crippen LogP contribution is 2.38. The minimum atomic E-state index is 0.125. The van der Waals surface area contributed by atoms with Crippen LogP contribution in [-0.4, -0.2) is 58.3 Å². The van der Waals surface area contributed by atoms with Gasteiger partial charge >= 0.3 is 0 Å². The SMILES string of the molecule is CO[C@@H]1C[C@H]2CN(C(=O)Cc3[nH]nc4ccccc34)C[C@H]2C[C@H]1Nc1ccccn1. The van der Waals surface area contributed by atoms with Crippen molar-refractivity contribution in [3.8, 4) is 0 Å². The standard InChI is InChI=1S/C23H27N5O2/c1-30-21-11-16-14-28(13-15(16)10-20(21)25-22-8-4-5-9-24-22)23(29)12-19-17-6-2-3-7-18(17)26-27-19/h2-9,15-16,20-21H,10-14H2,1H3,(H,24,25)(H,26,27)/t15-,16+,20-,21-/m1/s1. The van der Waals surface area contributed by atoms with Gasteiger partial charge in [0.2, 0.25) is 5.91 Å². The normalized spacial score (nSPS) is 26.0. The Kier molecular flexibility index (Phi) is 5.12. The first-order chi connectivity index (χ1) is 14.7. The van der Waals surface area contributed by atoms with Crippen LogP contribution in [0.4, 0.5) is 5.82 Å². The Bertz CT molecular complexity index is 1020. The molecule has 3 heterocycles. The Balaban J connectivity index is 1.25. The van der Waals surface area contributed by atoms with E-state index in [1.807, 2.05) is 47.4 Å². The number of hydrogen-bond donors (Lipinski definition) is 2. The molecule has 4 atom stereocenters. The van der Waals surface area contributed by atoms with Gasteiger partial charge in [-0.15, -0.1) is 0 Å². The number of fused-ring (bicyclic) bond motifs is 2. The molecule has 0 unspecified atom stereocenters. The smallest absolute Gasteiger partial charge is 0.228 e. The number of nitrogens with zero attached hydrogens (tertiary/aromatic N) is 3. The van der Waals surface area contributed by atoms with Crippen molar-refractivity contribution in [3.05, 3.63) is 54.4 Å². The number of ether oxygens (including phenoxy) is 1. The number of rotatable bonds is 5. The third-order valence-electron chi connectivity index (χ3n) is 6.64. The summed E-state index contributed by atoms with van der Waals surface area (Å²) in [4.78, 5) is 19.5. The lowest BCUT2D eigenvalue weighted by molar-refractivity contribution is -0.129. The first kappa shape index (κ1) is 19.1. The van der Waals surface area contributed by atoms with Gasteiger partial charge in [0, 0.05) is 31.8 Å². The zero-order valence-corrected chi connectivity index (χ0v) is 17.1. The molecule has 2 N–H and O–H groups in total. The van der Waals surface area contributed by atoms with Crippen LogP contribution in [0.25, 0.3) is 10.9 Å². The molecular weight excluding hydrogens is 378 g/mol. The molecule has 0 radical (unpaired) electrons. The average molecular weight is 406 g/mol. The molecule has 7 nitrogen and oxygen atoms in total. The number of nitrogens with one attached hydrogen (secondary N) is 2.